The Bertz CT molecular complexity index is 1870. The average Bonchev–Trinajstić information content (AvgIpc) is 3.77. The first-order valence-electron chi connectivity index (χ1n) is 13.4. The summed E-state index contributed by atoms with van der Waals surface area (Å²) in [6.07, 6.45) is 6.27. The standard InChI is InChI=1S/C29H24N8O3/c30-10-16-7-17-13-35(29(40)37-14-18-9-19(37)11-31-18)6-5-34-15-21(20(8-16)26(17)34)24-25(28(39)33-27(24)38)22-12-32-23-3-1-2-4-36(22)23/h1-4,7-8,12,15,18-19,31H,5-6,9,11,13-14H2,(H,33,38,39). The van der Waals surface area contributed by atoms with Gasteiger partial charge in [-0.3, -0.25) is 19.3 Å². The molecule has 2 saturated heterocycles. The number of imide groups is 1. The van der Waals surface area contributed by atoms with E-state index in [1.165, 1.54) is 0 Å². The number of urea groups is 1. The van der Waals surface area contributed by atoms with Crippen molar-refractivity contribution in [1.29, 1.82) is 5.26 Å². The molecule has 2 unspecified atom stereocenters. The second-order valence-corrected chi connectivity index (χ2v) is 10.8. The lowest BCUT2D eigenvalue weighted by Crippen LogP contribution is -2.51. The van der Waals surface area contributed by atoms with Crippen molar-refractivity contribution in [3.05, 3.63) is 71.3 Å². The van der Waals surface area contributed by atoms with E-state index in [4.69, 9.17) is 0 Å². The predicted molar refractivity (Wildman–Crippen MR) is 145 cm³/mol. The molecule has 40 heavy (non-hydrogen) atoms. The minimum atomic E-state index is -0.486. The summed E-state index contributed by atoms with van der Waals surface area (Å²) in [4.78, 5) is 48.2. The number of hydrogen-bond acceptors (Lipinski definition) is 6. The number of piperazine rings is 1. The van der Waals surface area contributed by atoms with E-state index in [1.54, 1.807) is 22.9 Å². The summed E-state index contributed by atoms with van der Waals surface area (Å²) in [5, 5.41) is 16.5. The van der Waals surface area contributed by atoms with Gasteiger partial charge in [0.2, 0.25) is 0 Å². The summed E-state index contributed by atoms with van der Waals surface area (Å²) in [6.45, 7) is 2.92. The van der Waals surface area contributed by atoms with Crippen LogP contribution >= 0.6 is 0 Å². The SMILES string of the molecule is N#Cc1cc2c3c(c1)c(C1=C(c4cnc5ccccn45)C(=O)NC1=O)cn3CCN(C(=O)N1CC3CC1CN3)C2. The van der Waals surface area contributed by atoms with E-state index in [9.17, 15) is 19.6 Å². The van der Waals surface area contributed by atoms with E-state index in [-0.39, 0.29) is 23.2 Å². The molecule has 2 bridgehead atoms. The maximum atomic E-state index is 13.6. The molecule has 2 N–H and O–H groups in total. The molecule has 0 spiro atoms. The van der Waals surface area contributed by atoms with Gasteiger partial charge in [0.25, 0.3) is 11.8 Å². The van der Waals surface area contributed by atoms with Crippen molar-refractivity contribution in [3.8, 4) is 6.07 Å². The first-order chi connectivity index (χ1) is 19.5. The van der Waals surface area contributed by atoms with Gasteiger partial charge in [-0.2, -0.15) is 5.26 Å². The van der Waals surface area contributed by atoms with E-state index in [1.807, 2.05) is 44.8 Å². The number of aromatic nitrogens is 3. The van der Waals surface area contributed by atoms with Crippen molar-refractivity contribution in [3.63, 3.8) is 0 Å². The Kier molecular flexibility index (Phi) is 4.75. The monoisotopic (exact) mass is 532 g/mol. The van der Waals surface area contributed by atoms with Gasteiger partial charge in [0, 0.05) is 68.2 Å². The first kappa shape index (κ1) is 23.0. The molecule has 11 nitrogen and oxygen atoms in total. The summed E-state index contributed by atoms with van der Waals surface area (Å²) < 4.78 is 3.83. The zero-order chi connectivity index (χ0) is 27.1. The van der Waals surface area contributed by atoms with Gasteiger partial charge in [0.15, 0.2) is 0 Å². The first-order valence-corrected chi connectivity index (χ1v) is 13.4. The van der Waals surface area contributed by atoms with Crippen LogP contribution in [0, 0.1) is 11.3 Å². The Hall–Kier alpha value is -4.95. The third kappa shape index (κ3) is 3.20. The Balaban J connectivity index is 1.27. The lowest BCUT2D eigenvalue weighted by atomic mass is 9.97. The number of nitriles is 1. The summed E-state index contributed by atoms with van der Waals surface area (Å²) in [7, 11) is 0. The lowest BCUT2D eigenvalue weighted by Gasteiger charge is -2.33. The number of nitrogens with one attached hydrogen (secondary N) is 2. The highest BCUT2D eigenvalue weighted by atomic mass is 16.2. The molecule has 4 amide bonds. The van der Waals surface area contributed by atoms with Crippen molar-refractivity contribution in [2.75, 3.05) is 19.6 Å². The van der Waals surface area contributed by atoms with Crippen LogP contribution in [0.3, 0.4) is 0 Å². The Morgan fingerprint density at radius 2 is 2.00 bits per heavy atom. The van der Waals surface area contributed by atoms with E-state index in [0.29, 0.717) is 60.1 Å². The second kappa shape index (κ2) is 8.27. The number of fused-ring (bicyclic) bond motifs is 3. The van der Waals surface area contributed by atoms with Gasteiger partial charge in [0.1, 0.15) is 5.65 Å². The predicted octanol–water partition coefficient (Wildman–Crippen LogP) is 1.71. The summed E-state index contributed by atoms with van der Waals surface area (Å²) >= 11 is 0. The van der Waals surface area contributed by atoms with Crippen LogP contribution < -0.4 is 10.6 Å². The fourth-order valence-electron chi connectivity index (χ4n) is 6.82. The zero-order valence-corrected chi connectivity index (χ0v) is 21.4. The largest absolute Gasteiger partial charge is 0.345 e. The van der Waals surface area contributed by atoms with Crippen molar-refractivity contribution < 1.29 is 14.4 Å². The third-order valence-corrected chi connectivity index (χ3v) is 8.60. The van der Waals surface area contributed by atoms with Gasteiger partial charge < -0.3 is 19.7 Å². The molecule has 2 fully saturated rings. The molecule has 1 aromatic carbocycles. The molecule has 11 heteroatoms. The molecular formula is C29H24N8O3. The minimum absolute atomic E-state index is 0.0221. The van der Waals surface area contributed by atoms with Crippen LogP contribution in [-0.4, -0.2) is 73.3 Å². The van der Waals surface area contributed by atoms with Crippen LogP contribution in [0.15, 0.2) is 48.9 Å². The molecule has 198 valence electrons. The van der Waals surface area contributed by atoms with Crippen LogP contribution in [0.25, 0.3) is 27.7 Å². The van der Waals surface area contributed by atoms with Crippen molar-refractivity contribution in [1.82, 2.24) is 34.4 Å². The van der Waals surface area contributed by atoms with E-state index < -0.39 is 11.8 Å². The summed E-state index contributed by atoms with van der Waals surface area (Å²) in [6, 6.07) is 12.0. The number of benzene rings is 1. The van der Waals surface area contributed by atoms with Crippen molar-refractivity contribution in [2.24, 2.45) is 0 Å². The van der Waals surface area contributed by atoms with Gasteiger partial charge >= 0.3 is 6.03 Å². The van der Waals surface area contributed by atoms with Crippen LogP contribution in [0.2, 0.25) is 0 Å². The lowest BCUT2D eigenvalue weighted by molar-refractivity contribution is -0.122. The van der Waals surface area contributed by atoms with Crippen molar-refractivity contribution >= 4 is 45.5 Å². The number of amides is 4. The number of hydrogen-bond donors (Lipinski definition) is 2. The van der Waals surface area contributed by atoms with Crippen LogP contribution in [0.1, 0.15) is 28.8 Å². The molecule has 3 aromatic heterocycles. The number of rotatable bonds is 2. The number of imidazole rings is 1. The topological polar surface area (TPSA) is 128 Å². The van der Waals surface area contributed by atoms with E-state index in [0.717, 1.165) is 24.0 Å². The van der Waals surface area contributed by atoms with Gasteiger partial charge in [-0.15, -0.1) is 0 Å². The minimum Gasteiger partial charge on any atom is -0.345 e. The highest BCUT2D eigenvalue weighted by Crippen LogP contribution is 2.39. The molecule has 4 aliphatic rings. The Morgan fingerprint density at radius 3 is 2.80 bits per heavy atom. The van der Waals surface area contributed by atoms with Crippen LogP contribution in [0.4, 0.5) is 4.79 Å². The molecule has 0 aliphatic carbocycles. The zero-order valence-electron chi connectivity index (χ0n) is 21.4. The molecule has 8 rings (SSSR count). The molecule has 0 saturated carbocycles. The molecule has 4 aliphatic heterocycles. The van der Waals surface area contributed by atoms with Crippen molar-refractivity contribution in [2.45, 2.75) is 31.6 Å². The normalized spacial score (nSPS) is 22.0. The van der Waals surface area contributed by atoms with Crippen LogP contribution in [-0.2, 0) is 22.7 Å². The van der Waals surface area contributed by atoms with Gasteiger partial charge in [-0.05, 0) is 36.2 Å². The fraction of sp³-hybridized carbons (Fsp3) is 0.276. The number of pyridine rings is 1. The highest BCUT2D eigenvalue weighted by Gasteiger charge is 2.42. The van der Waals surface area contributed by atoms with E-state index in [2.05, 4.69) is 21.7 Å². The third-order valence-electron chi connectivity index (χ3n) is 8.60. The van der Waals surface area contributed by atoms with Gasteiger partial charge in [-0.25, -0.2) is 9.78 Å². The number of nitrogens with zero attached hydrogens (tertiary/aromatic N) is 6. The fourth-order valence-corrected chi connectivity index (χ4v) is 6.82. The molecular weight excluding hydrogens is 508 g/mol. The molecule has 4 aromatic rings. The molecule has 0 radical (unpaired) electrons. The van der Waals surface area contributed by atoms with Crippen LogP contribution in [0.5, 0.6) is 0 Å². The summed E-state index contributed by atoms with van der Waals surface area (Å²) in [5.74, 6) is -0.970. The second-order valence-electron chi connectivity index (χ2n) is 10.8. The van der Waals surface area contributed by atoms with Gasteiger partial charge in [-0.1, -0.05) is 6.07 Å². The average molecular weight is 533 g/mol. The quantitative estimate of drug-likeness (QED) is 0.379. The molecule has 7 heterocycles. The number of carbonyl (C=O) groups is 3. The Morgan fingerprint density at radius 1 is 1.12 bits per heavy atom. The maximum absolute atomic E-state index is 13.6. The number of likely N-dealkylation sites (tertiary alicyclic amines) is 1. The molecule has 2 atom stereocenters. The summed E-state index contributed by atoms with van der Waals surface area (Å²) in [5.41, 5.74) is 4.41. The van der Waals surface area contributed by atoms with E-state index >= 15 is 0 Å². The number of carbonyl (C=O) groups excluding carboxylic acids is 3. The maximum Gasteiger partial charge on any atom is 0.320 e. The Labute approximate surface area is 228 Å². The smallest absolute Gasteiger partial charge is 0.320 e. The highest BCUT2D eigenvalue weighted by molar-refractivity contribution is 6.49. The van der Waals surface area contributed by atoms with Gasteiger partial charge in [0.05, 0.1) is 40.2 Å².